The first-order valence-electron chi connectivity index (χ1n) is 3.13. The zero-order valence-corrected chi connectivity index (χ0v) is 6.56. The first-order chi connectivity index (χ1) is 4.45. The van der Waals surface area contributed by atoms with Crippen LogP contribution in [0.1, 0.15) is 20.8 Å². The normalized spacial score (nSPS) is 10.8. The number of rotatable bonds is 1. The molecule has 0 heterocycles. The van der Waals surface area contributed by atoms with Crippen LogP contribution in [0.4, 0.5) is 4.79 Å². The lowest BCUT2D eigenvalue weighted by molar-refractivity contribution is 0.159. The van der Waals surface area contributed by atoms with Gasteiger partial charge in [-0.3, -0.25) is 5.21 Å². The highest BCUT2D eigenvalue weighted by Gasteiger charge is 2.10. The average Bonchev–Trinajstić information content (AvgIpc) is 1.81. The molecule has 4 nitrogen and oxygen atoms in total. The number of amides is 2. The van der Waals surface area contributed by atoms with Gasteiger partial charge in [-0.2, -0.15) is 0 Å². The van der Waals surface area contributed by atoms with Crippen LogP contribution in [0.25, 0.3) is 0 Å². The molecular weight excluding hydrogens is 132 g/mol. The molecule has 0 fully saturated rings. The van der Waals surface area contributed by atoms with Gasteiger partial charge in [0, 0.05) is 6.54 Å². The van der Waals surface area contributed by atoms with E-state index in [1.54, 1.807) is 0 Å². The first kappa shape index (κ1) is 9.23. The smallest absolute Gasteiger partial charge is 0.336 e. The quantitative estimate of drug-likeness (QED) is 0.377. The molecule has 0 spiro atoms. The van der Waals surface area contributed by atoms with Crippen LogP contribution in [0.2, 0.25) is 0 Å². The second kappa shape index (κ2) is 3.41. The van der Waals surface area contributed by atoms with Crippen LogP contribution in [0.15, 0.2) is 0 Å². The van der Waals surface area contributed by atoms with Gasteiger partial charge in [0.15, 0.2) is 0 Å². The van der Waals surface area contributed by atoms with Crippen LogP contribution >= 0.6 is 0 Å². The molecule has 0 radical (unpaired) electrons. The molecule has 0 unspecified atom stereocenters. The Balaban J connectivity index is 3.46. The van der Waals surface area contributed by atoms with Crippen LogP contribution in [0, 0.1) is 5.41 Å². The summed E-state index contributed by atoms with van der Waals surface area (Å²) in [6.45, 7) is 6.51. The van der Waals surface area contributed by atoms with Gasteiger partial charge in [-0.1, -0.05) is 20.8 Å². The first-order valence-corrected chi connectivity index (χ1v) is 3.13. The Kier molecular flexibility index (Phi) is 3.15. The zero-order chi connectivity index (χ0) is 8.20. The Morgan fingerprint density at radius 2 is 2.00 bits per heavy atom. The molecule has 10 heavy (non-hydrogen) atoms. The minimum Gasteiger partial charge on any atom is -0.336 e. The van der Waals surface area contributed by atoms with E-state index in [4.69, 9.17) is 5.21 Å². The summed E-state index contributed by atoms with van der Waals surface area (Å²) >= 11 is 0. The van der Waals surface area contributed by atoms with Gasteiger partial charge < -0.3 is 5.32 Å². The van der Waals surface area contributed by atoms with Gasteiger partial charge >= 0.3 is 6.03 Å². The fourth-order valence-electron chi connectivity index (χ4n) is 0.385. The van der Waals surface area contributed by atoms with Crippen LogP contribution in [-0.2, 0) is 0 Å². The maximum absolute atomic E-state index is 10.4. The summed E-state index contributed by atoms with van der Waals surface area (Å²) in [5.74, 6) is 0. The highest BCUT2D eigenvalue weighted by molar-refractivity contribution is 5.72. The molecule has 2 amide bonds. The molecule has 4 heteroatoms. The number of hydrogen-bond acceptors (Lipinski definition) is 2. The number of carbonyl (C=O) groups is 1. The number of carbonyl (C=O) groups excluding carboxylic acids is 1. The lowest BCUT2D eigenvalue weighted by Gasteiger charge is -2.17. The molecule has 0 aliphatic carbocycles. The summed E-state index contributed by atoms with van der Waals surface area (Å²) in [5.41, 5.74) is 1.54. The van der Waals surface area contributed by atoms with Crippen molar-refractivity contribution in [3.8, 4) is 0 Å². The van der Waals surface area contributed by atoms with Crippen molar-refractivity contribution >= 4 is 6.03 Å². The fraction of sp³-hybridized carbons (Fsp3) is 0.833. The number of urea groups is 1. The van der Waals surface area contributed by atoms with E-state index in [0.29, 0.717) is 6.54 Å². The average molecular weight is 146 g/mol. The van der Waals surface area contributed by atoms with Gasteiger partial charge in [-0.25, -0.2) is 10.3 Å². The molecule has 0 bridgehead atoms. The van der Waals surface area contributed by atoms with Crippen molar-refractivity contribution < 1.29 is 10.0 Å². The Morgan fingerprint density at radius 1 is 1.50 bits per heavy atom. The SMILES string of the molecule is CC(C)(C)CNC(=O)NO. The topological polar surface area (TPSA) is 61.4 Å². The Labute approximate surface area is 60.6 Å². The zero-order valence-electron chi connectivity index (χ0n) is 6.56. The molecule has 0 aromatic carbocycles. The molecule has 0 rings (SSSR count). The molecule has 0 saturated heterocycles. The van der Waals surface area contributed by atoms with Gasteiger partial charge in [-0.05, 0) is 5.41 Å². The van der Waals surface area contributed by atoms with Crippen molar-refractivity contribution in [3.05, 3.63) is 0 Å². The second-order valence-corrected chi connectivity index (χ2v) is 3.36. The molecule has 60 valence electrons. The largest absolute Gasteiger partial charge is 0.338 e. The van der Waals surface area contributed by atoms with Crippen molar-refractivity contribution in [2.75, 3.05) is 6.54 Å². The van der Waals surface area contributed by atoms with E-state index < -0.39 is 6.03 Å². The van der Waals surface area contributed by atoms with Crippen molar-refractivity contribution in [1.29, 1.82) is 0 Å². The fourth-order valence-corrected chi connectivity index (χ4v) is 0.385. The minimum absolute atomic E-state index is 0.0481. The lowest BCUT2D eigenvalue weighted by Crippen LogP contribution is -2.38. The third-order valence-electron chi connectivity index (χ3n) is 0.881. The molecule has 0 aromatic heterocycles. The highest BCUT2D eigenvalue weighted by Crippen LogP contribution is 2.09. The molecule has 0 aliphatic rings. The van der Waals surface area contributed by atoms with E-state index in [9.17, 15) is 4.79 Å². The molecule has 0 aliphatic heterocycles. The van der Waals surface area contributed by atoms with E-state index in [1.165, 1.54) is 5.48 Å². The number of nitrogens with one attached hydrogen (secondary N) is 2. The number of hydrogen-bond donors (Lipinski definition) is 3. The maximum atomic E-state index is 10.4. The summed E-state index contributed by atoms with van der Waals surface area (Å²) in [7, 11) is 0. The summed E-state index contributed by atoms with van der Waals surface area (Å²) in [6, 6.07) is -0.560. The van der Waals surface area contributed by atoms with Crippen LogP contribution in [-0.4, -0.2) is 17.8 Å². The van der Waals surface area contributed by atoms with Gasteiger partial charge in [0.2, 0.25) is 0 Å². The third-order valence-corrected chi connectivity index (χ3v) is 0.881. The monoisotopic (exact) mass is 146 g/mol. The van der Waals surface area contributed by atoms with E-state index in [-0.39, 0.29) is 5.41 Å². The second-order valence-electron chi connectivity index (χ2n) is 3.36. The van der Waals surface area contributed by atoms with E-state index in [0.717, 1.165) is 0 Å². The summed E-state index contributed by atoms with van der Waals surface area (Å²) in [4.78, 5) is 10.4. The van der Waals surface area contributed by atoms with E-state index in [2.05, 4.69) is 5.32 Å². The van der Waals surface area contributed by atoms with Crippen LogP contribution < -0.4 is 10.8 Å². The molecular formula is C6H14N2O2. The predicted molar refractivity (Wildman–Crippen MR) is 37.8 cm³/mol. The minimum atomic E-state index is -0.560. The van der Waals surface area contributed by atoms with Gasteiger partial charge in [0.25, 0.3) is 0 Å². The van der Waals surface area contributed by atoms with Crippen molar-refractivity contribution in [2.24, 2.45) is 5.41 Å². The lowest BCUT2D eigenvalue weighted by atomic mass is 9.97. The molecule has 3 N–H and O–H groups in total. The van der Waals surface area contributed by atoms with Crippen molar-refractivity contribution in [1.82, 2.24) is 10.8 Å². The standard InChI is InChI=1S/C6H14N2O2/c1-6(2,3)4-7-5(9)8-10/h10H,4H2,1-3H3,(H2,7,8,9). The summed E-state index contributed by atoms with van der Waals surface area (Å²) in [5, 5.41) is 10.5. The maximum Gasteiger partial charge on any atom is 0.338 e. The van der Waals surface area contributed by atoms with Crippen LogP contribution in [0.3, 0.4) is 0 Å². The molecule has 0 atom stereocenters. The van der Waals surface area contributed by atoms with Crippen molar-refractivity contribution in [3.63, 3.8) is 0 Å². The van der Waals surface area contributed by atoms with E-state index >= 15 is 0 Å². The molecule has 0 aromatic rings. The Bertz CT molecular complexity index is 117. The Hall–Kier alpha value is -0.770. The highest BCUT2D eigenvalue weighted by atomic mass is 16.5. The van der Waals surface area contributed by atoms with Crippen molar-refractivity contribution in [2.45, 2.75) is 20.8 Å². The Morgan fingerprint density at radius 3 is 2.30 bits per heavy atom. The molecule has 0 saturated carbocycles. The third kappa shape index (κ3) is 5.37. The number of hydroxylamine groups is 1. The predicted octanol–water partition coefficient (Wildman–Crippen LogP) is 0.721. The van der Waals surface area contributed by atoms with Gasteiger partial charge in [0.1, 0.15) is 0 Å². The van der Waals surface area contributed by atoms with Gasteiger partial charge in [0.05, 0.1) is 0 Å². The van der Waals surface area contributed by atoms with Gasteiger partial charge in [-0.15, -0.1) is 0 Å². The summed E-state index contributed by atoms with van der Waals surface area (Å²) in [6.07, 6.45) is 0. The summed E-state index contributed by atoms with van der Waals surface area (Å²) < 4.78 is 0. The van der Waals surface area contributed by atoms with Crippen LogP contribution in [0.5, 0.6) is 0 Å². The van der Waals surface area contributed by atoms with E-state index in [1.807, 2.05) is 20.8 Å².